The third-order valence-corrected chi connectivity index (χ3v) is 2.79. The summed E-state index contributed by atoms with van der Waals surface area (Å²) >= 11 is 0. The van der Waals surface area contributed by atoms with Crippen LogP contribution in [0.5, 0.6) is 0 Å². The van der Waals surface area contributed by atoms with Gasteiger partial charge < -0.3 is 14.7 Å². The summed E-state index contributed by atoms with van der Waals surface area (Å²) in [5, 5.41) is 8.82. The lowest BCUT2D eigenvalue weighted by Gasteiger charge is -2.26. The van der Waals surface area contributed by atoms with Crippen molar-refractivity contribution in [3.05, 3.63) is 0 Å². The molecule has 0 saturated carbocycles. The molecule has 0 bridgehead atoms. The summed E-state index contributed by atoms with van der Waals surface area (Å²) < 4.78 is 5.26. The van der Waals surface area contributed by atoms with Crippen LogP contribution in [0, 0.1) is 5.41 Å². The summed E-state index contributed by atoms with van der Waals surface area (Å²) in [6.45, 7) is 8.37. The van der Waals surface area contributed by atoms with Crippen molar-refractivity contribution in [2.75, 3.05) is 13.1 Å². The molecule has 5 nitrogen and oxygen atoms in total. The molecular weight excluding hydrogens is 222 g/mol. The van der Waals surface area contributed by atoms with Gasteiger partial charge in [-0.15, -0.1) is 0 Å². The molecule has 98 valence electrons. The first-order chi connectivity index (χ1) is 7.61. The highest BCUT2D eigenvalue weighted by Gasteiger charge is 2.39. The topological polar surface area (TPSA) is 66.8 Å². The number of nitrogens with zero attached hydrogens (tertiary/aromatic N) is 1. The first-order valence-corrected chi connectivity index (χ1v) is 5.81. The summed E-state index contributed by atoms with van der Waals surface area (Å²) in [4.78, 5) is 24.1. The number of hydrogen-bond acceptors (Lipinski definition) is 3. The van der Waals surface area contributed by atoms with Gasteiger partial charge in [-0.1, -0.05) is 6.92 Å². The highest BCUT2D eigenvalue weighted by molar-refractivity contribution is 5.70. The van der Waals surface area contributed by atoms with Crippen LogP contribution in [0.1, 0.15) is 40.5 Å². The van der Waals surface area contributed by atoms with Gasteiger partial charge in [0.15, 0.2) is 0 Å². The molecule has 0 spiro atoms. The highest BCUT2D eigenvalue weighted by atomic mass is 16.6. The maximum atomic E-state index is 11.8. The van der Waals surface area contributed by atoms with Crippen molar-refractivity contribution in [3.8, 4) is 0 Å². The molecule has 1 heterocycles. The Hall–Kier alpha value is -1.26. The van der Waals surface area contributed by atoms with Crippen LogP contribution >= 0.6 is 0 Å². The molecule has 1 saturated heterocycles. The smallest absolute Gasteiger partial charge is 0.410 e. The summed E-state index contributed by atoms with van der Waals surface area (Å²) in [5.41, 5.74) is -0.842. The van der Waals surface area contributed by atoms with Gasteiger partial charge in [0.05, 0.1) is 6.42 Å². The van der Waals surface area contributed by atoms with Gasteiger partial charge in [-0.3, -0.25) is 4.79 Å². The predicted molar refractivity (Wildman–Crippen MR) is 62.8 cm³/mol. The molecule has 5 heteroatoms. The Morgan fingerprint density at radius 3 is 2.47 bits per heavy atom. The number of rotatable bonds is 2. The van der Waals surface area contributed by atoms with Crippen molar-refractivity contribution < 1.29 is 19.4 Å². The molecule has 0 radical (unpaired) electrons. The summed E-state index contributed by atoms with van der Waals surface area (Å²) in [6, 6.07) is 0. The third-order valence-electron chi connectivity index (χ3n) is 2.79. The van der Waals surface area contributed by atoms with Gasteiger partial charge in [-0.05, 0) is 32.6 Å². The first kappa shape index (κ1) is 13.8. The van der Waals surface area contributed by atoms with Gasteiger partial charge in [0.2, 0.25) is 0 Å². The molecule has 0 aromatic heterocycles. The summed E-state index contributed by atoms with van der Waals surface area (Å²) in [6.07, 6.45) is 0.441. The van der Waals surface area contributed by atoms with Gasteiger partial charge >= 0.3 is 12.1 Å². The second-order valence-corrected chi connectivity index (χ2v) is 6.03. The van der Waals surface area contributed by atoms with Gasteiger partial charge in [-0.2, -0.15) is 0 Å². The SMILES string of the molecule is CC(C)(C)OC(=O)N1CC[C@@](C)(CC(=O)O)C1. The second kappa shape index (κ2) is 4.55. The number of carboxylic acids is 1. The minimum Gasteiger partial charge on any atom is -0.481 e. The normalized spacial score (nSPS) is 24.8. The maximum Gasteiger partial charge on any atom is 0.410 e. The molecule has 0 aromatic rings. The molecule has 1 N–H and O–H groups in total. The molecule has 1 atom stereocenters. The second-order valence-electron chi connectivity index (χ2n) is 6.03. The van der Waals surface area contributed by atoms with E-state index in [2.05, 4.69) is 0 Å². The lowest BCUT2D eigenvalue weighted by Crippen LogP contribution is -2.36. The standard InChI is InChI=1S/C12H21NO4/c1-11(2,3)17-10(16)13-6-5-12(4,8-13)7-9(14)15/h5-8H2,1-4H3,(H,14,15)/t12-/m0/s1. The van der Waals surface area contributed by atoms with Gasteiger partial charge in [-0.25, -0.2) is 4.79 Å². The Labute approximate surface area is 102 Å². The van der Waals surface area contributed by atoms with E-state index < -0.39 is 11.6 Å². The molecule has 1 amide bonds. The summed E-state index contributed by atoms with van der Waals surface area (Å²) in [7, 11) is 0. The van der Waals surface area contributed by atoms with Crippen molar-refractivity contribution in [3.63, 3.8) is 0 Å². The Morgan fingerprint density at radius 2 is 2.00 bits per heavy atom. The molecule has 0 aliphatic carbocycles. The molecule has 1 aliphatic heterocycles. The Bertz CT molecular complexity index is 321. The fraction of sp³-hybridized carbons (Fsp3) is 0.833. The molecule has 17 heavy (non-hydrogen) atoms. The van der Waals surface area contributed by atoms with Crippen molar-refractivity contribution >= 4 is 12.1 Å². The van der Waals surface area contributed by atoms with E-state index in [1.807, 2.05) is 27.7 Å². The Kier molecular flexibility index (Phi) is 3.69. The number of hydrogen-bond donors (Lipinski definition) is 1. The highest BCUT2D eigenvalue weighted by Crippen LogP contribution is 2.34. The van der Waals surface area contributed by atoms with E-state index in [0.717, 1.165) is 0 Å². The zero-order valence-electron chi connectivity index (χ0n) is 10.9. The number of carboxylic acid groups (broad SMARTS) is 1. The van der Waals surface area contributed by atoms with E-state index in [1.54, 1.807) is 4.90 Å². The van der Waals surface area contributed by atoms with Crippen LogP contribution in [-0.4, -0.2) is 40.8 Å². The van der Waals surface area contributed by atoms with Gasteiger partial charge in [0.25, 0.3) is 0 Å². The number of carbonyl (C=O) groups excluding carboxylic acids is 1. The largest absolute Gasteiger partial charge is 0.481 e. The maximum absolute atomic E-state index is 11.8. The lowest BCUT2D eigenvalue weighted by molar-refractivity contribution is -0.139. The van der Waals surface area contributed by atoms with E-state index in [1.165, 1.54) is 0 Å². The van der Waals surface area contributed by atoms with E-state index in [4.69, 9.17) is 9.84 Å². The average molecular weight is 243 g/mol. The van der Waals surface area contributed by atoms with E-state index >= 15 is 0 Å². The van der Waals surface area contributed by atoms with Crippen LogP contribution in [0.3, 0.4) is 0 Å². The third kappa shape index (κ3) is 4.24. The van der Waals surface area contributed by atoms with E-state index in [-0.39, 0.29) is 17.9 Å². The van der Waals surface area contributed by atoms with E-state index in [9.17, 15) is 9.59 Å². The summed E-state index contributed by atoms with van der Waals surface area (Å²) in [5.74, 6) is -0.821. The molecular formula is C12H21NO4. The molecule has 0 unspecified atom stereocenters. The van der Waals surface area contributed by atoms with Crippen LogP contribution in [0.15, 0.2) is 0 Å². The zero-order valence-corrected chi connectivity index (χ0v) is 10.9. The fourth-order valence-electron chi connectivity index (χ4n) is 2.02. The number of amides is 1. The lowest BCUT2D eigenvalue weighted by atomic mass is 9.86. The fourth-order valence-corrected chi connectivity index (χ4v) is 2.02. The van der Waals surface area contributed by atoms with Crippen molar-refractivity contribution in [2.45, 2.75) is 46.1 Å². The molecule has 1 rings (SSSR count). The minimum atomic E-state index is -0.821. The Balaban J connectivity index is 2.55. The van der Waals surface area contributed by atoms with Gasteiger partial charge in [0, 0.05) is 13.1 Å². The van der Waals surface area contributed by atoms with Crippen LogP contribution in [0.2, 0.25) is 0 Å². The zero-order chi connectivity index (χ0) is 13.3. The van der Waals surface area contributed by atoms with Crippen molar-refractivity contribution in [1.82, 2.24) is 4.90 Å². The van der Waals surface area contributed by atoms with E-state index in [0.29, 0.717) is 19.5 Å². The van der Waals surface area contributed by atoms with Crippen molar-refractivity contribution in [2.24, 2.45) is 5.41 Å². The molecule has 1 fully saturated rings. The number of ether oxygens (including phenoxy) is 1. The van der Waals surface area contributed by atoms with Crippen LogP contribution in [-0.2, 0) is 9.53 Å². The van der Waals surface area contributed by atoms with Gasteiger partial charge in [0.1, 0.15) is 5.60 Å². The predicted octanol–water partition coefficient (Wildman–Crippen LogP) is 2.11. The quantitative estimate of drug-likeness (QED) is 0.806. The molecule has 1 aliphatic rings. The minimum absolute atomic E-state index is 0.0896. The van der Waals surface area contributed by atoms with Crippen LogP contribution in [0.25, 0.3) is 0 Å². The monoisotopic (exact) mass is 243 g/mol. The average Bonchev–Trinajstić information content (AvgIpc) is 2.43. The number of aliphatic carboxylic acids is 1. The molecule has 0 aromatic carbocycles. The van der Waals surface area contributed by atoms with Crippen molar-refractivity contribution in [1.29, 1.82) is 0 Å². The van der Waals surface area contributed by atoms with Crippen LogP contribution < -0.4 is 0 Å². The number of likely N-dealkylation sites (tertiary alicyclic amines) is 1. The first-order valence-electron chi connectivity index (χ1n) is 5.81. The van der Waals surface area contributed by atoms with Crippen LogP contribution in [0.4, 0.5) is 4.79 Å². The number of carbonyl (C=O) groups is 2. The Morgan fingerprint density at radius 1 is 1.41 bits per heavy atom.